The average Bonchev–Trinajstić information content (AvgIpc) is 1.01. The maximum absolute atomic E-state index is 5.77. The Hall–Kier alpha value is -7.48. The smallest absolute Gasteiger partial charge is 0.122 e. The van der Waals surface area contributed by atoms with Crippen molar-refractivity contribution in [3.63, 3.8) is 0 Å². The number of fused-ring (bicyclic) bond motifs is 4. The fourth-order valence-corrected chi connectivity index (χ4v) is 17.5. The van der Waals surface area contributed by atoms with Crippen molar-refractivity contribution in [2.45, 2.75) is 208 Å². The summed E-state index contributed by atoms with van der Waals surface area (Å²) in [5.74, 6) is 6.84. The van der Waals surface area contributed by atoms with Crippen molar-refractivity contribution in [3.8, 4) is 23.0 Å². The van der Waals surface area contributed by atoms with Gasteiger partial charge in [-0.1, -0.05) is 48.5 Å². The molecule has 12 nitrogen and oxygen atoms in total. The molecule has 4 saturated heterocycles. The van der Waals surface area contributed by atoms with Gasteiger partial charge < -0.3 is 18.9 Å². The second-order valence-corrected chi connectivity index (χ2v) is 30.6. The van der Waals surface area contributed by atoms with Crippen LogP contribution >= 0.6 is 0 Å². The van der Waals surface area contributed by atoms with Gasteiger partial charge in [0.1, 0.15) is 23.0 Å². The zero-order chi connectivity index (χ0) is 69.6. The van der Waals surface area contributed by atoms with E-state index in [-0.39, 0.29) is 0 Å². The highest BCUT2D eigenvalue weighted by Gasteiger charge is 2.32. The predicted molar refractivity (Wildman–Crippen MR) is 405 cm³/mol. The van der Waals surface area contributed by atoms with Crippen molar-refractivity contribution in [1.29, 1.82) is 0 Å². The summed E-state index contributed by atoms with van der Waals surface area (Å²) in [6.07, 6.45) is 14.4. The first-order chi connectivity index (χ1) is 48.4. The molecule has 0 N–H and O–H groups in total. The average molecular weight is 1350 g/mol. The van der Waals surface area contributed by atoms with Gasteiger partial charge in [0.15, 0.2) is 0 Å². The van der Waals surface area contributed by atoms with Crippen molar-refractivity contribution in [2.24, 2.45) is 0 Å². The molecule has 8 aliphatic heterocycles. The Labute approximate surface area is 598 Å². The number of rotatable bonds is 12. The van der Waals surface area contributed by atoms with Crippen LogP contribution in [0.1, 0.15) is 239 Å². The standard InChI is InChI=1S/4C22H28N2O/c4*1-15-11-21(12-16(2)23-15)20-5-4-9-24(14-20)17(3)19-7-6-18-8-10-25-22(18)13-19/h4*6-7,11-13,17,20H,4-5,8-10,14H2,1-3H3/t17-,20+;3*17-,20-/m1100/s1. The van der Waals surface area contributed by atoms with Gasteiger partial charge in [0.25, 0.3) is 0 Å². The molecule has 8 aliphatic rings. The van der Waals surface area contributed by atoms with Crippen molar-refractivity contribution < 1.29 is 18.9 Å². The summed E-state index contributed by atoms with van der Waals surface area (Å²) in [4.78, 5) is 28.7. The van der Waals surface area contributed by atoms with Crippen LogP contribution < -0.4 is 18.9 Å². The summed E-state index contributed by atoms with van der Waals surface area (Å²) < 4.78 is 23.1. The maximum atomic E-state index is 5.77. The van der Waals surface area contributed by atoms with E-state index in [1.807, 2.05) is 0 Å². The Bertz CT molecular complexity index is 3530. The van der Waals surface area contributed by atoms with Crippen molar-refractivity contribution >= 4 is 0 Å². The molecule has 16 rings (SSSR count). The largest absolute Gasteiger partial charge is 0.493 e. The minimum atomic E-state index is 0.432. The SMILES string of the molecule is Cc1cc([C@@H]2CCCN([C@H](C)c3ccc4c(c3)OCC4)C2)cc(C)n1.Cc1cc([C@H]2CCCN([C@@H](C)c3ccc4c(c3)OCC4)C2)cc(C)n1.Cc1cc([C@H]2CCCN([C@@H](C)c3ccc4c(c3)OCC4)C2)cc(C)n1.Cc1cc([C@H]2CCCN([C@H](C)c3ccc4c(c3)OCC4)C2)cc(C)n1. The number of piperidine rings is 4. The van der Waals surface area contributed by atoms with E-state index >= 15 is 0 Å². The van der Waals surface area contributed by atoms with Gasteiger partial charge in [0, 0.05) is 122 Å². The van der Waals surface area contributed by atoms with Crippen LogP contribution in [0.15, 0.2) is 121 Å². The molecule has 0 aliphatic carbocycles. The first kappa shape index (κ1) is 70.9. The van der Waals surface area contributed by atoms with Gasteiger partial charge in [-0.2, -0.15) is 0 Å². The molecule has 12 heterocycles. The third-order valence-corrected chi connectivity index (χ3v) is 23.1. The number of pyridine rings is 4. The Morgan fingerprint density at radius 1 is 0.290 bits per heavy atom. The monoisotopic (exact) mass is 1340 g/mol. The molecule has 4 aromatic carbocycles. The quantitative estimate of drug-likeness (QED) is 0.116. The van der Waals surface area contributed by atoms with Crippen LogP contribution in [0.2, 0.25) is 0 Å². The van der Waals surface area contributed by atoms with Crippen molar-refractivity contribution in [1.82, 2.24) is 39.5 Å². The molecule has 0 spiro atoms. The summed E-state index contributed by atoms with van der Waals surface area (Å²) in [6, 6.07) is 47.2. The maximum Gasteiger partial charge on any atom is 0.122 e. The molecule has 8 aromatic rings. The van der Waals surface area contributed by atoms with Crippen LogP contribution in [-0.2, 0) is 25.7 Å². The molecule has 0 radical (unpaired) electrons. The number of benzene rings is 4. The van der Waals surface area contributed by atoms with E-state index in [0.29, 0.717) is 47.8 Å². The second-order valence-electron chi connectivity index (χ2n) is 30.6. The topological polar surface area (TPSA) is 101 Å². The molecular weight excluding hydrogens is 1230 g/mol. The van der Waals surface area contributed by atoms with Crippen molar-refractivity contribution in [2.75, 3.05) is 78.8 Å². The Morgan fingerprint density at radius 2 is 0.490 bits per heavy atom. The van der Waals surface area contributed by atoms with E-state index in [1.54, 1.807) is 0 Å². The molecule has 4 aromatic heterocycles. The number of hydrogen-bond donors (Lipinski definition) is 0. The van der Waals surface area contributed by atoms with Gasteiger partial charge in [-0.05, 0) is 324 Å². The molecular formula is C88H112N8O4. The van der Waals surface area contributed by atoms with Crippen LogP contribution in [0.5, 0.6) is 23.0 Å². The van der Waals surface area contributed by atoms with Crippen LogP contribution in [0.3, 0.4) is 0 Å². The lowest BCUT2D eigenvalue weighted by atomic mass is 9.89. The molecule has 528 valence electrons. The van der Waals surface area contributed by atoms with E-state index in [9.17, 15) is 0 Å². The van der Waals surface area contributed by atoms with Gasteiger partial charge in [-0.3, -0.25) is 39.5 Å². The number of hydrogen-bond acceptors (Lipinski definition) is 12. The van der Waals surface area contributed by atoms with Crippen LogP contribution in [0.25, 0.3) is 0 Å². The first-order valence-corrected chi connectivity index (χ1v) is 38.2. The van der Waals surface area contributed by atoms with E-state index < -0.39 is 0 Å². The molecule has 8 atom stereocenters. The number of likely N-dealkylation sites (tertiary alicyclic amines) is 4. The lowest BCUT2D eigenvalue weighted by Crippen LogP contribution is -2.36. The van der Waals surface area contributed by atoms with E-state index in [1.165, 1.54) is 144 Å². The lowest BCUT2D eigenvalue weighted by molar-refractivity contribution is 0.158. The summed E-state index contributed by atoms with van der Waals surface area (Å²) in [7, 11) is 0. The third-order valence-electron chi connectivity index (χ3n) is 23.1. The summed E-state index contributed by atoms with van der Waals surface area (Å²) in [5.41, 5.74) is 25.9. The molecule has 4 fully saturated rings. The van der Waals surface area contributed by atoms with Crippen LogP contribution in [-0.4, -0.2) is 118 Å². The fraction of sp³-hybridized carbons (Fsp3) is 0.500. The normalized spacial score (nSPS) is 21.6. The van der Waals surface area contributed by atoms with Crippen LogP contribution in [0, 0.1) is 55.4 Å². The molecule has 0 bridgehead atoms. The summed E-state index contributed by atoms with van der Waals surface area (Å²) >= 11 is 0. The van der Waals surface area contributed by atoms with Gasteiger partial charge >= 0.3 is 0 Å². The van der Waals surface area contributed by atoms with Crippen molar-refractivity contribution in [3.05, 3.63) is 234 Å². The van der Waals surface area contributed by atoms with Gasteiger partial charge in [-0.15, -0.1) is 0 Å². The highest BCUT2D eigenvalue weighted by molar-refractivity contribution is 5.45. The number of nitrogens with zero attached hydrogens (tertiary/aromatic N) is 8. The summed E-state index contributed by atoms with van der Waals surface area (Å²) in [5, 5.41) is 0. The van der Waals surface area contributed by atoms with Gasteiger partial charge in [0.2, 0.25) is 0 Å². The van der Waals surface area contributed by atoms with E-state index in [2.05, 4.69) is 244 Å². The van der Waals surface area contributed by atoms with Gasteiger partial charge in [0.05, 0.1) is 26.4 Å². The third kappa shape index (κ3) is 17.3. The molecule has 100 heavy (non-hydrogen) atoms. The Morgan fingerprint density at radius 3 is 0.690 bits per heavy atom. The highest BCUT2D eigenvalue weighted by atomic mass is 16.5. The van der Waals surface area contributed by atoms with E-state index in [4.69, 9.17) is 18.9 Å². The second kappa shape index (κ2) is 32.2. The van der Waals surface area contributed by atoms with Crippen LogP contribution in [0.4, 0.5) is 0 Å². The number of aromatic nitrogens is 4. The lowest BCUT2D eigenvalue weighted by Gasteiger charge is -2.37. The fourth-order valence-electron chi connectivity index (χ4n) is 17.5. The molecule has 0 amide bonds. The highest BCUT2D eigenvalue weighted by Crippen LogP contribution is 2.41. The Balaban J connectivity index is 0.000000119. The predicted octanol–water partition coefficient (Wildman–Crippen LogP) is 18.3. The van der Waals surface area contributed by atoms with Gasteiger partial charge in [-0.25, -0.2) is 0 Å². The Kier molecular flexibility index (Phi) is 22.9. The molecule has 0 saturated carbocycles. The zero-order valence-corrected chi connectivity index (χ0v) is 62.3. The van der Waals surface area contributed by atoms with E-state index in [0.717, 1.165) is 147 Å². The summed E-state index contributed by atoms with van der Waals surface area (Å²) in [6.45, 7) is 38.7. The molecule has 0 unspecified atom stereocenters. The molecule has 12 heteroatoms. The first-order valence-electron chi connectivity index (χ1n) is 38.2. The number of ether oxygens (including phenoxy) is 4. The minimum absolute atomic E-state index is 0.432. The zero-order valence-electron chi connectivity index (χ0n) is 62.3. The number of aryl methyl sites for hydroxylation is 8. The minimum Gasteiger partial charge on any atom is -0.493 e.